The van der Waals surface area contributed by atoms with Gasteiger partial charge in [-0.3, -0.25) is 0 Å². The van der Waals surface area contributed by atoms with E-state index >= 15 is 0 Å². The zero-order chi connectivity index (χ0) is 13.9. The quantitative estimate of drug-likeness (QED) is 0.770. The molecule has 2 atom stereocenters. The molecule has 0 radical (unpaired) electrons. The summed E-state index contributed by atoms with van der Waals surface area (Å²) >= 11 is 0. The second kappa shape index (κ2) is 5.80. The molecule has 1 saturated carbocycles. The van der Waals surface area contributed by atoms with Gasteiger partial charge in [-0.25, -0.2) is 0 Å². The van der Waals surface area contributed by atoms with Crippen molar-refractivity contribution in [1.29, 1.82) is 0 Å². The lowest BCUT2D eigenvalue weighted by Crippen LogP contribution is -2.60. The number of ether oxygens (including phenoxy) is 2. The summed E-state index contributed by atoms with van der Waals surface area (Å²) in [4.78, 5) is 0. The fourth-order valence-electron chi connectivity index (χ4n) is 2.38. The molecule has 4 heteroatoms. The highest BCUT2D eigenvalue weighted by molar-refractivity contribution is 5.39. The topological polar surface area (TPSA) is 50.7 Å². The summed E-state index contributed by atoms with van der Waals surface area (Å²) in [5.74, 6) is 1.52. The van der Waals surface area contributed by atoms with E-state index in [2.05, 4.69) is 19.2 Å². The molecule has 0 aromatic heterocycles. The van der Waals surface area contributed by atoms with Gasteiger partial charge >= 0.3 is 0 Å². The Morgan fingerprint density at radius 1 is 1.32 bits per heavy atom. The fraction of sp³-hybridized carbons (Fsp3) is 0.600. The van der Waals surface area contributed by atoms with Gasteiger partial charge in [0.15, 0.2) is 11.5 Å². The first-order chi connectivity index (χ1) is 9.05. The molecule has 1 fully saturated rings. The molecular formula is C15H23NO3. The lowest BCUT2D eigenvalue weighted by atomic mass is 9.64. The summed E-state index contributed by atoms with van der Waals surface area (Å²) in [6.45, 7) is 5.52. The molecule has 1 aliphatic carbocycles. The minimum absolute atomic E-state index is 0.0373. The average Bonchev–Trinajstić information content (AvgIpc) is 2.42. The van der Waals surface area contributed by atoms with Gasteiger partial charge in [0.2, 0.25) is 0 Å². The van der Waals surface area contributed by atoms with Crippen molar-refractivity contribution >= 4 is 0 Å². The molecule has 19 heavy (non-hydrogen) atoms. The summed E-state index contributed by atoms with van der Waals surface area (Å²) in [5, 5.41) is 13.1. The van der Waals surface area contributed by atoms with Gasteiger partial charge in [0, 0.05) is 18.0 Å². The predicted molar refractivity (Wildman–Crippen MR) is 74.7 cm³/mol. The third-order valence-electron chi connectivity index (χ3n) is 4.04. The minimum atomic E-state index is -0.194. The molecule has 2 rings (SSSR count). The van der Waals surface area contributed by atoms with E-state index in [1.807, 2.05) is 24.3 Å². The van der Waals surface area contributed by atoms with Crippen molar-refractivity contribution in [3.8, 4) is 11.5 Å². The second-order valence-electron chi connectivity index (χ2n) is 5.58. The largest absolute Gasteiger partial charge is 0.493 e. The number of aliphatic hydroxyl groups is 1. The zero-order valence-electron chi connectivity index (χ0n) is 11.8. The Bertz CT molecular complexity index is 420. The van der Waals surface area contributed by atoms with Crippen LogP contribution in [0.4, 0.5) is 0 Å². The highest BCUT2D eigenvalue weighted by atomic mass is 16.5. The van der Waals surface area contributed by atoms with Crippen LogP contribution >= 0.6 is 0 Å². The van der Waals surface area contributed by atoms with Crippen LogP contribution in [-0.4, -0.2) is 37.5 Å². The van der Waals surface area contributed by atoms with Crippen LogP contribution in [-0.2, 0) is 0 Å². The van der Waals surface area contributed by atoms with Crippen molar-refractivity contribution < 1.29 is 14.6 Å². The molecule has 2 unspecified atom stereocenters. The van der Waals surface area contributed by atoms with Gasteiger partial charge in [-0.05, 0) is 18.6 Å². The van der Waals surface area contributed by atoms with Crippen LogP contribution in [0.15, 0.2) is 24.3 Å². The van der Waals surface area contributed by atoms with E-state index in [-0.39, 0.29) is 11.5 Å². The maximum atomic E-state index is 9.66. The van der Waals surface area contributed by atoms with Crippen LogP contribution in [0.25, 0.3) is 0 Å². The Morgan fingerprint density at radius 3 is 2.58 bits per heavy atom. The Balaban J connectivity index is 1.73. The smallest absolute Gasteiger partial charge is 0.161 e. The van der Waals surface area contributed by atoms with E-state index in [9.17, 15) is 5.11 Å². The molecule has 0 spiro atoms. The van der Waals surface area contributed by atoms with Gasteiger partial charge in [-0.15, -0.1) is 0 Å². The zero-order valence-corrected chi connectivity index (χ0v) is 11.8. The lowest BCUT2D eigenvalue weighted by Gasteiger charge is -2.49. The van der Waals surface area contributed by atoms with Crippen LogP contribution in [0, 0.1) is 5.41 Å². The highest BCUT2D eigenvalue weighted by Gasteiger charge is 2.46. The van der Waals surface area contributed by atoms with Crippen molar-refractivity contribution in [1.82, 2.24) is 5.32 Å². The van der Waals surface area contributed by atoms with Gasteiger partial charge in [0.05, 0.1) is 13.2 Å². The summed E-state index contributed by atoms with van der Waals surface area (Å²) in [7, 11) is 1.64. The summed E-state index contributed by atoms with van der Waals surface area (Å²) in [6, 6.07) is 7.99. The molecule has 4 nitrogen and oxygen atoms in total. The number of para-hydroxylation sites is 2. The summed E-state index contributed by atoms with van der Waals surface area (Å²) in [6.07, 6.45) is 0.627. The number of rotatable bonds is 6. The third-order valence-corrected chi connectivity index (χ3v) is 4.04. The molecule has 0 heterocycles. The number of aliphatic hydroxyl groups excluding tert-OH is 1. The van der Waals surface area contributed by atoms with Crippen LogP contribution in [0.3, 0.4) is 0 Å². The van der Waals surface area contributed by atoms with Gasteiger partial charge in [0.1, 0.15) is 6.61 Å². The molecular weight excluding hydrogens is 242 g/mol. The Morgan fingerprint density at radius 2 is 2.00 bits per heavy atom. The van der Waals surface area contributed by atoms with Crippen molar-refractivity contribution in [3.05, 3.63) is 24.3 Å². The summed E-state index contributed by atoms with van der Waals surface area (Å²) in [5.41, 5.74) is -0.0373. The minimum Gasteiger partial charge on any atom is -0.493 e. The van der Waals surface area contributed by atoms with Crippen LogP contribution in [0.5, 0.6) is 11.5 Å². The number of benzene rings is 1. The molecule has 1 aliphatic rings. The molecule has 0 aliphatic heterocycles. The SMILES string of the molecule is COc1ccccc1OCCNC1CC(O)C1(C)C. The standard InChI is InChI=1S/C15H23NO3/c1-15(2)13(10-14(15)17)16-8-9-19-12-7-5-4-6-11(12)18-3/h4-7,13-14,16-17H,8-10H2,1-3H3. The average molecular weight is 265 g/mol. The predicted octanol–water partition coefficient (Wildman–Crippen LogP) is 1.82. The third kappa shape index (κ3) is 3.01. The number of methoxy groups -OCH3 is 1. The number of hydrogen-bond donors (Lipinski definition) is 2. The highest BCUT2D eigenvalue weighted by Crippen LogP contribution is 2.40. The first kappa shape index (κ1) is 14.2. The van der Waals surface area contributed by atoms with Gasteiger partial charge in [-0.2, -0.15) is 0 Å². The maximum absolute atomic E-state index is 9.66. The Labute approximate surface area is 114 Å². The molecule has 0 saturated heterocycles. The van der Waals surface area contributed by atoms with E-state index in [0.29, 0.717) is 12.6 Å². The van der Waals surface area contributed by atoms with E-state index in [1.165, 1.54) is 0 Å². The van der Waals surface area contributed by atoms with Crippen molar-refractivity contribution in [2.75, 3.05) is 20.3 Å². The van der Waals surface area contributed by atoms with Gasteiger partial charge < -0.3 is 19.9 Å². The molecule has 0 bridgehead atoms. The normalized spacial score (nSPS) is 24.6. The molecule has 106 valence electrons. The molecule has 1 aromatic rings. The van der Waals surface area contributed by atoms with Crippen LogP contribution < -0.4 is 14.8 Å². The van der Waals surface area contributed by atoms with Gasteiger partial charge in [-0.1, -0.05) is 26.0 Å². The Hall–Kier alpha value is -1.26. The van der Waals surface area contributed by atoms with Crippen LogP contribution in [0.1, 0.15) is 20.3 Å². The lowest BCUT2D eigenvalue weighted by molar-refractivity contribution is -0.0728. The van der Waals surface area contributed by atoms with Crippen molar-refractivity contribution in [2.24, 2.45) is 5.41 Å². The van der Waals surface area contributed by atoms with Gasteiger partial charge in [0.25, 0.3) is 0 Å². The van der Waals surface area contributed by atoms with E-state index < -0.39 is 0 Å². The molecule has 1 aromatic carbocycles. The Kier molecular flexibility index (Phi) is 4.32. The molecule has 2 N–H and O–H groups in total. The van der Waals surface area contributed by atoms with E-state index in [4.69, 9.17) is 9.47 Å². The fourth-order valence-corrected chi connectivity index (χ4v) is 2.38. The van der Waals surface area contributed by atoms with E-state index in [1.54, 1.807) is 7.11 Å². The summed E-state index contributed by atoms with van der Waals surface area (Å²) < 4.78 is 10.9. The van der Waals surface area contributed by atoms with Crippen molar-refractivity contribution in [2.45, 2.75) is 32.4 Å². The monoisotopic (exact) mass is 265 g/mol. The first-order valence-corrected chi connectivity index (χ1v) is 6.73. The first-order valence-electron chi connectivity index (χ1n) is 6.73. The second-order valence-corrected chi connectivity index (χ2v) is 5.58. The van der Waals surface area contributed by atoms with Crippen molar-refractivity contribution in [3.63, 3.8) is 0 Å². The number of hydrogen-bond acceptors (Lipinski definition) is 4. The number of nitrogens with one attached hydrogen (secondary N) is 1. The molecule has 0 amide bonds. The van der Waals surface area contributed by atoms with Crippen LogP contribution in [0.2, 0.25) is 0 Å². The van der Waals surface area contributed by atoms with E-state index in [0.717, 1.165) is 24.5 Å². The maximum Gasteiger partial charge on any atom is 0.161 e.